The van der Waals surface area contributed by atoms with Crippen LogP contribution in [0.5, 0.6) is 5.75 Å². The largest absolute Gasteiger partial charge is 0.496 e. The molecule has 0 radical (unpaired) electrons. The summed E-state index contributed by atoms with van der Waals surface area (Å²) in [4.78, 5) is 11.1. The first-order chi connectivity index (χ1) is 8.18. The van der Waals surface area contributed by atoms with Gasteiger partial charge in [0.2, 0.25) is 0 Å². The maximum Gasteiger partial charge on any atom is 0.310 e. The SMILES string of the molecule is COc1c(C)cc(C(C)C(=O)O)cc1C(C)(C)C. The molecule has 0 saturated carbocycles. The van der Waals surface area contributed by atoms with Gasteiger partial charge in [-0.25, -0.2) is 0 Å². The van der Waals surface area contributed by atoms with Crippen molar-refractivity contribution in [1.29, 1.82) is 0 Å². The Morgan fingerprint density at radius 2 is 1.89 bits per heavy atom. The fourth-order valence-electron chi connectivity index (χ4n) is 2.02. The van der Waals surface area contributed by atoms with Gasteiger partial charge in [0, 0.05) is 5.56 Å². The summed E-state index contributed by atoms with van der Waals surface area (Å²) < 4.78 is 5.45. The normalized spacial score (nSPS) is 13.2. The molecule has 0 heterocycles. The molecule has 0 aliphatic carbocycles. The van der Waals surface area contributed by atoms with Crippen LogP contribution >= 0.6 is 0 Å². The molecule has 3 nitrogen and oxygen atoms in total. The fourth-order valence-corrected chi connectivity index (χ4v) is 2.02. The Morgan fingerprint density at radius 1 is 1.33 bits per heavy atom. The third-order valence-corrected chi connectivity index (χ3v) is 3.18. The fraction of sp³-hybridized carbons (Fsp3) is 0.533. The molecular weight excluding hydrogens is 228 g/mol. The zero-order valence-electron chi connectivity index (χ0n) is 12.0. The molecule has 100 valence electrons. The number of rotatable bonds is 3. The number of carbonyl (C=O) groups is 1. The van der Waals surface area contributed by atoms with Gasteiger partial charge >= 0.3 is 5.97 Å². The predicted octanol–water partition coefficient (Wildman–Crippen LogP) is 3.49. The summed E-state index contributed by atoms with van der Waals surface area (Å²) in [7, 11) is 1.65. The smallest absolute Gasteiger partial charge is 0.310 e. The third-order valence-electron chi connectivity index (χ3n) is 3.18. The summed E-state index contributed by atoms with van der Waals surface area (Å²) in [6.45, 7) is 9.95. The van der Waals surface area contributed by atoms with Gasteiger partial charge in [0.1, 0.15) is 5.75 Å². The number of aliphatic carboxylic acids is 1. The first-order valence-electron chi connectivity index (χ1n) is 6.10. The summed E-state index contributed by atoms with van der Waals surface area (Å²) >= 11 is 0. The van der Waals surface area contributed by atoms with E-state index in [9.17, 15) is 4.79 Å². The van der Waals surface area contributed by atoms with Crippen LogP contribution in [0.1, 0.15) is 50.3 Å². The number of methoxy groups -OCH3 is 1. The molecule has 1 N–H and O–H groups in total. The van der Waals surface area contributed by atoms with Gasteiger partial charge in [0.15, 0.2) is 0 Å². The van der Waals surface area contributed by atoms with Gasteiger partial charge in [-0.3, -0.25) is 4.79 Å². The number of carboxylic acids is 1. The van der Waals surface area contributed by atoms with E-state index in [-0.39, 0.29) is 5.41 Å². The minimum Gasteiger partial charge on any atom is -0.496 e. The average Bonchev–Trinajstić information content (AvgIpc) is 2.25. The van der Waals surface area contributed by atoms with Crippen molar-refractivity contribution in [3.63, 3.8) is 0 Å². The summed E-state index contributed by atoms with van der Waals surface area (Å²) in [6, 6.07) is 3.84. The highest BCUT2D eigenvalue weighted by atomic mass is 16.5. The zero-order valence-corrected chi connectivity index (χ0v) is 12.0. The van der Waals surface area contributed by atoms with Crippen molar-refractivity contribution in [2.24, 2.45) is 0 Å². The van der Waals surface area contributed by atoms with Crippen LogP contribution in [-0.2, 0) is 10.2 Å². The molecule has 0 fully saturated rings. The molecular formula is C15H22O3. The van der Waals surface area contributed by atoms with E-state index in [0.29, 0.717) is 0 Å². The van der Waals surface area contributed by atoms with Crippen LogP contribution < -0.4 is 4.74 Å². The van der Waals surface area contributed by atoms with E-state index in [2.05, 4.69) is 20.8 Å². The standard InChI is InChI=1S/C15H22O3/c1-9-7-11(10(2)14(16)17)8-12(13(9)18-6)15(3,4)5/h7-8,10H,1-6H3,(H,16,17). The maximum atomic E-state index is 11.1. The van der Waals surface area contributed by atoms with E-state index < -0.39 is 11.9 Å². The van der Waals surface area contributed by atoms with Crippen LogP contribution in [0.25, 0.3) is 0 Å². The van der Waals surface area contributed by atoms with Gasteiger partial charge in [-0.2, -0.15) is 0 Å². The van der Waals surface area contributed by atoms with Crippen LogP contribution in [0.2, 0.25) is 0 Å². The molecule has 1 atom stereocenters. The Hall–Kier alpha value is -1.51. The Kier molecular flexibility index (Phi) is 4.05. The highest BCUT2D eigenvalue weighted by molar-refractivity contribution is 5.76. The molecule has 0 amide bonds. The van der Waals surface area contributed by atoms with E-state index in [1.165, 1.54) is 0 Å². The van der Waals surface area contributed by atoms with Crippen molar-refractivity contribution in [3.05, 3.63) is 28.8 Å². The minimum absolute atomic E-state index is 0.0790. The number of hydrogen-bond acceptors (Lipinski definition) is 2. The molecule has 0 saturated heterocycles. The van der Waals surface area contributed by atoms with Gasteiger partial charge in [-0.1, -0.05) is 32.9 Å². The Labute approximate surface area is 109 Å². The molecule has 18 heavy (non-hydrogen) atoms. The van der Waals surface area contributed by atoms with E-state index in [1.807, 2.05) is 19.1 Å². The molecule has 1 rings (SSSR count). The number of ether oxygens (including phenoxy) is 1. The lowest BCUT2D eigenvalue weighted by molar-refractivity contribution is -0.138. The van der Waals surface area contributed by atoms with Crippen molar-refractivity contribution in [2.45, 2.75) is 46.0 Å². The molecule has 0 bridgehead atoms. The zero-order chi connectivity index (χ0) is 14.1. The van der Waals surface area contributed by atoms with Crippen LogP contribution in [0.3, 0.4) is 0 Å². The van der Waals surface area contributed by atoms with Crippen molar-refractivity contribution in [3.8, 4) is 5.75 Å². The first-order valence-corrected chi connectivity index (χ1v) is 6.10. The van der Waals surface area contributed by atoms with Crippen LogP contribution in [0.15, 0.2) is 12.1 Å². The number of hydrogen-bond donors (Lipinski definition) is 1. The molecule has 0 aromatic heterocycles. The lowest BCUT2D eigenvalue weighted by atomic mass is 9.82. The Balaban J connectivity index is 3.44. The van der Waals surface area contributed by atoms with E-state index >= 15 is 0 Å². The highest BCUT2D eigenvalue weighted by Gasteiger charge is 2.24. The van der Waals surface area contributed by atoms with Crippen molar-refractivity contribution in [1.82, 2.24) is 0 Å². The monoisotopic (exact) mass is 250 g/mol. The van der Waals surface area contributed by atoms with Crippen molar-refractivity contribution >= 4 is 5.97 Å². The van der Waals surface area contributed by atoms with Crippen LogP contribution in [0, 0.1) is 6.92 Å². The molecule has 3 heteroatoms. The quantitative estimate of drug-likeness (QED) is 0.893. The molecule has 1 aromatic carbocycles. The van der Waals surface area contributed by atoms with Gasteiger partial charge in [0.25, 0.3) is 0 Å². The molecule has 0 aliphatic rings. The summed E-state index contributed by atoms with van der Waals surface area (Å²) in [5.41, 5.74) is 2.77. The minimum atomic E-state index is -0.806. The van der Waals surface area contributed by atoms with Gasteiger partial charge < -0.3 is 9.84 Å². The molecule has 0 spiro atoms. The topological polar surface area (TPSA) is 46.5 Å². The van der Waals surface area contributed by atoms with E-state index in [0.717, 1.165) is 22.4 Å². The van der Waals surface area contributed by atoms with Crippen molar-refractivity contribution in [2.75, 3.05) is 7.11 Å². The van der Waals surface area contributed by atoms with Gasteiger partial charge in [0.05, 0.1) is 13.0 Å². The third kappa shape index (κ3) is 2.84. The summed E-state index contributed by atoms with van der Waals surface area (Å²) in [5, 5.41) is 9.12. The molecule has 0 aliphatic heterocycles. The number of benzene rings is 1. The summed E-state index contributed by atoms with van der Waals surface area (Å²) in [6.07, 6.45) is 0. The average molecular weight is 250 g/mol. The van der Waals surface area contributed by atoms with Crippen LogP contribution in [-0.4, -0.2) is 18.2 Å². The lowest BCUT2D eigenvalue weighted by Crippen LogP contribution is -2.16. The Bertz CT molecular complexity index is 456. The second-order valence-electron chi connectivity index (χ2n) is 5.73. The predicted molar refractivity (Wildman–Crippen MR) is 72.5 cm³/mol. The first kappa shape index (κ1) is 14.6. The second kappa shape index (κ2) is 5.01. The van der Waals surface area contributed by atoms with E-state index in [1.54, 1.807) is 14.0 Å². The van der Waals surface area contributed by atoms with Gasteiger partial charge in [-0.05, 0) is 30.4 Å². The molecule has 1 aromatic rings. The maximum absolute atomic E-state index is 11.1. The van der Waals surface area contributed by atoms with Crippen LogP contribution in [0.4, 0.5) is 0 Å². The molecule has 1 unspecified atom stereocenters. The second-order valence-corrected chi connectivity index (χ2v) is 5.73. The van der Waals surface area contributed by atoms with E-state index in [4.69, 9.17) is 9.84 Å². The highest BCUT2D eigenvalue weighted by Crippen LogP contribution is 2.36. The lowest BCUT2D eigenvalue weighted by Gasteiger charge is -2.25. The Morgan fingerprint density at radius 3 is 2.28 bits per heavy atom. The number of aryl methyl sites for hydroxylation is 1. The number of carboxylic acid groups (broad SMARTS) is 1. The van der Waals surface area contributed by atoms with Crippen molar-refractivity contribution < 1.29 is 14.6 Å². The summed E-state index contributed by atoms with van der Waals surface area (Å²) in [5.74, 6) is -0.459. The van der Waals surface area contributed by atoms with Gasteiger partial charge in [-0.15, -0.1) is 0 Å².